The second-order valence-electron chi connectivity index (χ2n) is 6.25. The summed E-state index contributed by atoms with van der Waals surface area (Å²) in [5.74, 6) is 1.28. The highest BCUT2D eigenvalue weighted by Gasteiger charge is 2.26. The van der Waals surface area contributed by atoms with E-state index in [2.05, 4.69) is 42.4 Å². The number of aromatic nitrogens is 1. The van der Waals surface area contributed by atoms with Crippen LogP contribution in [0.1, 0.15) is 31.2 Å². The minimum atomic E-state index is 0.277. The third kappa shape index (κ3) is 4.60. The van der Waals surface area contributed by atoms with Crippen LogP contribution in [0, 0.1) is 12.8 Å². The molecule has 1 aliphatic rings. The number of hydrogen-bond donors (Lipinski definition) is 0. The molecule has 0 radical (unpaired) electrons. The van der Waals surface area contributed by atoms with Crippen LogP contribution < -0.4 is 4.74 Å². The second kappa shape index (κ2) is 8.34. The molecule has 2 aromatic rings. The number of rotatable bonds is 4. The van der Waals surface area contributed by atoms with Gasteiger partial charge in [0, 0.05) is 18.2 Å². The van der Waals surface area contributed by atoms with Crippen LogP contribution in [0.5, 0.6) is 5.88 Å². The number of hydrogen-bond acceptors (Lipinski definition) is 4. The first-order chi connectivity index (χ1) is 11.7. The standard InChI is InChI=1S/C20H24N2OS/c1-15-6-10-17(11-7-15)22-20(24-2)16-8-12-18(13-9-16)23-19-5-3-4-14-21-19/h3-7,10-11,14,16,18H,8-9,12-13H2,1-2H3. The van der Waals surface area contributed by atoms with E-state index in [0.29, 0.717) is 5.92 Å². The Morgan fingerprint density at radius 1 is 1.08 bits per heavy atom. The van der Waals surface area contributed by atoms with E-state index in [4.69, 9.17) is 9.73 Å². The average molecular weight is 340 g/mol. The van der Waals surface area contributed by atoms with Gasteiger partial charge in [-0.25, -0.2) is 9.98 Å². The third-order valence-electron chi connectivity index (χ3n) is 4.43. The number of pyridine rings is 1. The van der Waals surface area contributed by atoms with E-state index < -0.39 is 0 Å². The SMILES string of the molecule is CSC(=Nc1ccc(C)cc1)C1CCC(Oc2ccccn2)CC1. The first kappa shape index (κ1) is 17.0. The van der Waals surface area contributed by atoms with Crippen molar-refractivity contribution in [3.05, 3.63) is 54.2 Å². The molecular weight excluding hydrogens is 316 g/mol. The van der Waals surface area contributed by atoms with Gasteiger partial charge < -0.3 is 4.74 Å². The fourth-order valence-electron chi connectivity index (χ4n) is 3.07. The maximum atomic E-state index is 5.99. The van der Waals surface area contributed by atoms with E-state index in [1.807, 2.05) is 18.2 Å². The van der Waals surface area contributed by atoms with E-state index in [-0.39, 0.29) is 6.10 Å². The predicted molar refractivity (Wildman–Crippen MR) is 102 cm³/mol. The van der Waals surface area contributed by atoms with Crippen molar-refractivity contribution in [2.45, 2.75) is 38.7 Å². The van der Waals surface area contributed by atoms with Crippen molar-refractivity contribution in [1.82, 2.24) is 4.98 Å². The highest BCUT2D eigenvalue weighted by Crippen LogP contribution is 2.32. The molecule has 1 saturated carbocycles. The summed E-state index contributed by atoms with van der Waals surface area (Å²) in [6, 6.07) is 14.2. The Morgan fingerprint density at radius 2 is 1.83 bits per heavy atom. The van der Waals surface area contributed by atoms with Crippen LogP contribution in [0.25, 0.3) is 0 Å². The Hall–Kier alpha value is -1.81. The van der Waals surface area contributed by atoms with Crippen molar-refractivity contribution < 1.29 is 4.74 Å². The van der Waals surface area contributed by atoms with Crippen LogP contribution in [0.15, 0.2) is 53.7 Å². The molecule has 1 aliphatic carbocycles. The molecule has 3 nitrogen and oxygen atoms in total. The van der Waals surface area contributed by atoms with Crippen LogP contribution in [0.3, 0.4) is 0 Å². The van der Waals surface area contributed by atoms with Crippen LogP contribution in [-0.2, 0) is 0 Å². The molecule has 4 heteroatoms. The third-order valence-corrected chi connectivity index (χ3v) is 5.27. The first-order valence-corrected chi connectivity index (χ1v) is 9.74. The van der Waals surface area contributed by atoms with Gasteiger partial charge in [-0.2, -0.15) is 0 Å². The fourth-order valence-corrected chi connectivity index (χ4v) is 3.83. The van der Waals surface area contributed by atoms with Gasteiger partial charge >= 0.3 is 0 Å². The number of ether oxygens (including phenoxy) is 1. The van der Waals surface area contributed by atoms with Gasteiger partial charge in [0.25, 0.3) is 0 Å². The van der Waals surface area contributed by atoms with E-state index >= 15 is 0 Å². The summed E-state index contributed by atoms with van der Waals surface area (Å²) >= 11 is 1.78. The lowest BCUT2D eigenvalue weighted by atomic mass is 9.88. The molecule has 24 heavy (non-hydrogen) atoms. The van der Waals surface area contributed by atoms with Crippen LogP contribution in [0.2, 0.25) is 0 Å². The van der Waals surface area contributed by atoms with Gasteiger partial charge in [0.2, 0.25) is 5.88 Å². The Morgan fingerprint density at radius 3 is 2.46 bits per heavy atom. The highest BCUT2D eigenvalue weighted by atomic mass is 32.2. The van der Waals surface area contributed by atoms with Crippen LogP contribution >= 0.6 is 11.8 Å². The van der Waals surface area contributed by atoms with Crippen molar-refractivity contribution in [1.29, 1.82) is 0 Å². The van der Waals surface area contributed by atoms with Crippen molar-refractivity contribution in [2.24, 2.45) is 10.9 Å². The Bertz CT molecular complexity index is 662. The van der Waals surface area contributed by atoms with Gasteiger partial charge in [-0.3, -0.25) is 0 Å². The maximum absolute atomic E-state index is 5.99. The molecule has 0 N–H and O–H groups in total. The first-order valence-electron chi connectivity index (χ1n) is 8.51. The van der Waals surface area contributed by atoms with Gasteiger partial charge in [-0.1, -0.05) is 23.8 Å². The topological polar surface area (TPSA) is 34.5 Å². The van der Waals surface area contributed by atoms with E-state index in [9.17, 15) is 0 Å². The lowest BCUT2D eigenvalue weighted by molar-refractivity contribution is 0.139. The highest BCUT2D eigenvalue weighted by molar-refractivity contribution is 8.13. The summed E-state index contributed by atoms with van der Waals surface area (Å²) in [7, 11) is 0. The Labute approximate surface area is 148 Å². The van der Waals surface area contributed by atoms with Crippen molar-refractivity contribution in [3.63, 3.8) is 0 Å². The predicted octanol–water partition coefficient (Wildman–Crippen LogP) is 5.42. The molecule has 1 heterocycles. The number of benzene rings is 1. The number of aryl methyl sites for hydroxylation is 1. The second-order valence-corrected chi connectivity index (χ2v) is 7.08. The van der Waals surface area contributed by atoms with E-state index in [0.717, 1.165) is 37.3 Å². The monoisotopic (exact) mass is 340 g/mol. The van der Waals surface area contributed by atoms with Gasteiger partial charge in [-0.15, -0.1) is 11.8 Å². The van der Waals surface area contributed by atoms with Gasteiger partial charge in [0.05, 0.1) is 10.7 Å². The molecule has 0 bridgehead atoms. The minimum absolute atomic E-state index is 0.277. The molecule has 1 aromatic carbocycles. The Kier molecular flexibility index (Phi) is 5.91. The molecule has 0 spiro atoms. The summed E-state index contributed by atoms with van der Waals surface area (Å²) < 4.78 is 5.99. The zero-order valence-corrected chi connectivity index (χ0v) is 15.1. The summed E-state index contributed by atoms with van der Waals surface area (Å²) in [6.45, 7) is 2.10. The van der Waals surface area contributed by atoms with Crippen LogP contribution in [-0.4, -0.2) is 22.4 Å². The molecule has 0 aliphatic heterocycles. The molecule has 1 fully saturated rings. The number of nitrogens with zero attached hydrogens (tertiary/aromatic N) is 2. The van der Waals surface area contributed by atoms with E-state index in [1.165, 1.54) is 10.6 Å². The average Bonchev–Trinajstić information content (AvgIpc) is 2.63. The molecule has 1 aromatic heterocycles. The molecule has 0 unspecified atom stereocenters. The largest absolute Gasteiger partial charge is 0.474 e. The molecular formula is C20H24N2OS. The number of aliphatic imine (C=N–C) groups is 1. The minimum Gasteiger partial charge on any atom is -0.474 e. The van der Waals surface area contributed by atoms with E-state index in [1.54, 1.807) is 18.0 Å². The lowest BCUT2D eigenvalue weighted by Gasteiger charge is -2.29. The summed E-state index contributed by atoms with van der Waals surface area (Å²) in [6.07, 6.45) is 8.57. The van der Waals surface area contributed by atoms with Crippen LogP contribution in [0.4, 0.5) is 5.69 Å². The normalized spacial score (nSPS) is 21.5. The molecule has 0 atom stereocenters. The molecule has 0 saturated heterocycles. The van der Waals surface area contributed by atoms with Gasteiger partial charge in [0.1, 0.15) is 6.10 Å². The van der Waals surface area contributed by atoms with Crippen molar-refractivity contribution in [2.75, 3.05) is 6.26 Å². The summed E-state index contributed by atoms with van der Waals surface area (Å²) in [4.78, 5) is 9.13. The molecule has 126 valence electrons. The summed E-state index contributed by atoms with van der Waals surface area (Å²) in [5, 5.41) is 1.25. The fraction of sp³-hybridized carbons (Fsp3) is 0.400. The maximum Gasteiger partial charge on any atom is 0.213 e. The van der Waals surface area contributed by atoms with Gasteiger partial charge in [-0.05, 0) is 57.1 Å². The quantitative estimate of drug-likeness (QED) is 0.550. The smallest absolute Gasteiger partial charge is 0.213 e. The van der Waals surface area contributed by atoms with Gasteiger partial charge in [0.15, 0.2) is 0 Å². The van der Waals surface area contributed by atoms with Crippen molar-refractivity contribution >= 4 is 22.5 Å². The zero-order valence-electron chi connectivity index (χ0n) is 14.3. The number of thioether (sulfide) groups is 1. The lowest BCUT2D eigenvalue weighted by Crippen LogP contribution is -2.27. The Balaban J connectivity index is 1.59. The zero-order chi connectivity index (χ0) is 16.8. The van der Waals surface area contributed by atoms with Crippen molar-refractivity contribution in [3.8, 4) is 5.88 Å². The molecule has 0 amide bonds. The summed E-state index contributed by atoms with van der Waals surface area (Å²) in [5.41, 5.74) is 2.32. The molecule has 3 rings (SSSR count).